The normalized spacial score (nSPS) is 10.9. The number of nitro groups is 1. The maximum absolute atomic E-state index is 11.5. The third kappa shape index (κ3) is 5.35. The summed E-state index contributed by atoms with van der Waals surface area (Å²) in [7, 11) is 0. The number of carbonyl (C=O) groups excluding carboxylic acids is 1. The van der Waals surface area contributed by atoms with Crippen molar-refractivity contribution < 1.29 is 9.72 Å². The Hall–Kier alpha value is -2.15. The van der Waals surface area contributed by atoms with E-state index in [2.05, 4.69) is 10.6 Å². The highest BCUT2D eigenvalue weighted by atomic mass is 16.6. The molecule has 0 atom stereocenters. The molecule has 104 valence electrons. The number of hydrogen-bond donors (Lipinski definition) is 3. The summed E-state index contributed by atoms with van der Waals surface area (Å²) in [5.74, 6) is -0.267. The van der Waals surface area contributed by atoms with Crippen molar-refractivity contribution in [1.29, 1.82) is 0 Å². The second kappa shape index (κ2) is 6.14. The Morgan fingerprint density at radius 2 is 2.05 bits per heavy atom. The van der Waals surface area contributed by atoms with E-state index in [-0.39, 0.29) is 18.1 Å². The van der Waals surface area contributed by atoms with E-state index < -0.39 is 10.5 Å². The molecule has 1 amide bonds. The number of hydrogen-bond acceptors (Lipinski definition) is 5. The lowest BCUT2D eigenvalue weighted by Gasteiger charge is -2.19. The van der Waals surface area contributed by atoms with Crippen LogP contribution in [0.25, 0.3) is 0 Å². The molecule has 0 fully saturated rings. The number of nitrogens with zero attached hydrogens (tertiary/aromatic N) is 1. The molecular formula is C12H18N4O3. The van der Waals surface area contributed by atoms with E-state index in [1.807, 2.05) is 0 Å². The monoisotopic (exact) mass is 266 g/mol. The molecule has 19 heavy (non-hydrogen) atoms. The molecule has 7 heteroatoms. The number of nitrogens with one attached hydrogen (secondary N) is 2. The van der Waals surface area contributed by atoms with Crippen molar-refractivity contribution >= 4 is 17.3 Å². The van der Waals surface area contributed by atoms with Crippen molar-refractivity contribution in [2.45, 2.75) is 19.4 Å². The summed E-state index contributed by atoms with van der Waals surface area (Å²) in [4.78, 5) is 21.8. The van der Waals surface area contributed by atoms with Crippen LogP contribution in [0.5, 0.6) is 0 Å². The van der Waals surface area contributed by atoms with Crippen LogP contribution in [0.1, 0.15) is 13.8 Å². The standard InChI is InChI=1S/C12H18N4O3/c1-12(2,13)8-15-11(17)7-14-9-5-3-4-6-10(9)16(18)19/h3-6,14H,7-8,13H2,1-2H3,(H,15,17). The summed E-state index contributed by atoms with van der Waals surface area (Å²) in [5, 5.41) is 16.2. The molecule has 0 unspecified atom stereocenters. The van der Waals surface area contributed by atoms with Crippen LogP contribution in [0, 0.1) is 10.1 Å². The third-order valence-electron chi connectivity index (χ3n) is 2.28. The first-order valence-corrected chi connectivity index (χ1v) is 5.82. The SMILES string of the molecule is CC(C)(N)CNC(=O)CNc1ccccc1[N+](=O)[O-]. The Bertz CT molecular complexity index is 468. The van der Waals surface area contributed by atoms with Gasteiger partial charge in [0, 0.05) is 18.2 Å². The van der Waals surface area contributed by atoms with Crippen molar-refractivity contribution in [3.8, 4) is 0 Å². The summed E-state index contributed by atoms with van der Waals surface area (Å²) < 4.78 is 0. The largest absolute Gasteiger partial charge is 0.371 e. The molecule has 0 spiro atoms. The number of rotatable bonds is 6. The third-order valence-corrected chi connectivity index (χ3v) is 2.28. The molecule has 4 N–H and O–H groups in total. The zero-order valence-electron chi connectivity index (χ0n) is 11.0. The minimum absolute atomic E-state index is 0.0407. The second-order valence-corrected chi connectivity index (χ2v) is 4.89. The summed E-state index contributed by atoms with van der Waals surface area (Å²) in [6.45, 7) is 3.89. The van der Waals surface area contributed by atoms with Gasteiger partial charge in [0.05, 0.1) is 11.5 Å². The van der Waals surface area contributed by atoms with Gasteiger partial charge in [0.15, 0.2) is 0 Å². The minimum atomic E-state index is -0.497. The lowest BCUT2D eigenvalue weighted by Crippen LogP contribution is -2.46. The Morgan fingerprint density at radius 1 is 1.42 bits per heavy atom. The van der Waals surface area contributed by atoms with Crippen LogP contribution in [-0.4, -0.2) is 29.5 Å². The first-order valence-electron chi connectivity index (χ1n) is 5.82. The minimum Gasteiger partial charge on any atom is -0.371 e. The Balaban J connectivity index is 2.53. The van der Waals surface area contributed by atoms with Gasteiger partial charge in [-0.25, -0.2) is 0 Å². The van der Waals surface area contributed by atoms with Gasteiger partial charge in [0.1, 0.15) is 5.69 Å². The molecule has 0 aliphatic heterocycles. The molecule has 0 heterocycles. The van der Waals surface area contributed by atoms with Crippen molar-refractivity contribution in [1.82, 2.24) is 5.32 Å². The zero-order valence-corrected chi connectivity index (χ0v) is 11.0. The van der Waals surface area contributed by atoms with Crippen LogP contribution in [-0.2, 0) is 4.79 Å². The van der Waals surface area contributed by atoms with Crippen LogP contribution < -0.4 is 16.4 Å². The van der Waals surface area contributed by atoms with E-state index >= 15 is 0 Å². The van der Waals surface area contributed by atoms with Gasteiger partial charge in [-0.05, 0) is 19.9 Å². The summed E-state index contributed by atoms with van der Waals surface area (Å²) >= 11 is 0. The van der Waals surface area contributed by atoms with Gasteiger partial charge >= 0.3 is 0 Å². The molecule has 1 rings (SSSR count). The number of amides is 1. The topological polar surface area (TPSA) is 110 Å². The molecule has 0 aliphatic carbocycles. The molecule has 0 aromatic heterocycles. The number of para-hydroxylation sites is 2. The van der Waals surface area contributed by atoms with E-state index in [0.717, 1.165) is 0 Å². The molecule has 0 saturated heterocycles. The maximum Gasteiger partial charge on any atom is 0.292 e. The fraction of sp³-hybridized carbons (Fsp3) is 0.417. The predicted molar refractivity (Wildman–Crippen MR) is 72.9 cm³/mol. The predicted octanol–water partition coefficient (Wildman–Crippen LogP) is 0.860. The average molecular weight is 266 g/mol. The number of carbonyl (C=O) groups is 1. The average Bonchev–Trinajstić information content (AvgIpc) is 2.33. The van der Waals surface area contributed by atoms with Gasteiger partial charge in [0.25, 0.3) is 5.69 Å². The van der Waals surface area contributed by atoms with E-state index in [0.29, 0.717) is 12.2 Å². The summed E-state index contributed by atoms with van der Waals surface area (Å²) in [6, 6.07) is 6.16. The fourth-order valence-electron chi connectivity index (χ4n) is 1.35. The molecule has 0 bridgehead atoms. The number of anilines is 1. The van der Waals surface area contributed by atoms with Crippen LogP contribution in [0.2, 0.25) is 0 Å². The number of nitrogens with two attached hydrogens (primary N) is 1. The van der Waals surface area contributed by atoms with Crippen LogP contribution in [0.3, 0.4) is 0 Å². The van der Waals surface area contributed by atoms with Gasteiger partial charge in [-0.2, -0.15) is 0 Å². The van der Waals surface area contributed by atoms with Crippen molar-refractivity contribution in [2.24, 2.45) is 5.73 Å². The smallest absolute Gasteiger partial charge is 0.292 e. The quantitative estimate of drug-likeness (QED) is 0.522. The molecule has 0 radical (unpaired) electrons. The first-order chi connectivity index (χ1) is 8.79. The van der Waals surface area contributed by atoms with Crippen molar-refractivity contribution in [3.05, 3.63) is 34.4 Å². The molecule has 1 aromatic rings. The highest BCUT2D eigenvalue weighted by Crippen LogP contribution is 2.22. The van der Waals surface area contributed by atoms with Crippen LogP contribution in [0.4, 0.5) is 11.4 Å². The highest BCUT2D eigenvalue weighted by molar-refractivity contribution is 5.81. The van der Waals surface area contributed by atoms with Gasteiger partial charge in [0.2, 0.25) is 5.91 Å². The Kier molecular flexibility index (Phi) is 4.82. The summed E-state index contributed by atoms with van der Waals surface area (Å²) in [6.07, 6.45) is 0. The molecule has 7 nitrogen and oxygen atoms in total. The molecule has 0 aliphatic rings. The van der Waals surface area contributed by atoms with Crippen LogP contribution >= 0.6 is 0 Å². The lowest BCUT2D eigenvalue weighted by atomic mass is 10.1. The van der Waals surface area contributed by atoms with Crippen molar-refractivity contribution in [3.63, 3.8) is 0 Å². The van der Waals surface area contributed by atoms with Crippen LogP contribution in [0.15, 0.2) is 24.3 Å². The number of benzene rings is 1. The molecule has 1 aromatic carbocycles. The van der Waals surface area contributed by atoms with Gasteiger partial charge < -0.3 is 16.4 Å². The van der Waals surface area contributed by atoms with E-state index in [1.54, 1.807) is 32.0 Å². The Labute approximate surface area is 111 Å². The Morgan fingerprint density at radius 3 is 2.63 bits per heavy atom. The van der Waals surface area contributed by atoms with E-state index in [9.17, 15) is 14.9 Å². The number of nitro benzene ring substituents is 1. The van der Waals surface area contributed by atoms with E-state index in [4.69, 9.17) is 5.73 Å². The van der Waals surface area contributed by atoms with Gasteiger partial charge in [-0.15, -0.1) is 0 Å². The maximum atomic E-state index is 11.5. The highest BCUT2D eigenvalue weighted by Gasteiger charge is 2.14. The molecule has 0 saturated carbocycles. The zero-order chi connectivity index (χ0) is 14.5. The molecular weight excluding hydrogens is 248 g/mol. The van der Waals surface area contributed by atoms with Crippen molar-refractivity contribution in [2.75, 3.05) is 18.4 Å². The summed E-state index contributed by atoms with van der Waals surface area (Å²) in [5.41, 5.74) is 5.49. The van der Waals surface area contributed by atoms with E-state index in [1.165, 1.54) is 6.07 Å². The second-order valence-electron chi connectivity index (χ2n) is 4.89. The fourth-order valence-corrected chi connectivity index (χ4v) is 1.35. The van der Waals surface area contributed by atoms with Gasteiger partial charge in [-0.3, -0.25) is 14.9 Å². The lowest BCUT2D eigenvalue weighted by molar-refractivity contribution is -0.383. The van der Waals surface area contributed by atoms with Gasteiger partial charge in [-0.1, -0.05) is 12.1 Å². The first kappa shape index (κ1) is 14.9.